The molecular formula is C21H30N4O4S. The van der Waals surface area contributed by atoms with Crippen molar-refractivity contribution in [2.24, 2.45) is 4.99 Å². The molecule has 3 N–H and O–H groups in total. The number of carbonyl (C=O) groups excluding carboxylic acids is 1. The van der Waals surface area contributed by atoms with Gasteiger partial charge in [-0.15, -0.1) is 11.3 Å². The molecule has 0 aliphatic heterocycles. The Labute approximate surface area is 181 Å². The van der Waals surface area contributed by atoms with E-state index in [1.165, 1.54) is 11.3 Å². The predicted octanol–water partition coefficient (Wildman–Crippen LogP) is 2.99. The molecule has 2 aromatic rings. The number of methoxy groups -OCH3 is 1. The van der Waals surface area contributed by atoms with Gasteiger partial charge in [0.2, 0.25) is 0 Å². The van der Waals surface area contributed by atoms with Crippen LogP contribution in [0.15, 0.2) is 29.3 Å². The number of nitrogens with one attached hydrogen (secondary N) is 2. The molecule has 0 amide bonds. The molecule has 2 rings (SSSR count). The number of esters is 1. The number of benzene rings is 1. The van der Waals surface area contributed by atoms with Crippen LogP contribution in [0, 0.1) is 6.92 Å². The van der Waals surface area contributed by atoms with Crippen molar-refractivity contribution in [2.45, 2.75) is 39.8 Å². The summed E-state index contributed by atoms with van der Waals surface area (Å²) in [5, 5.41) is 17.7. The maximum absolute atomic E-state index is 12.0. The molecule has 2 atom stereocenters. The average molecular weight is 435 g/mol. The first kappa shape index (κ1) is 23.6. The second-order valence-corrected chi connectivity index (χ2v) is 7.60. The van der Waals surface area contributed by atoms with E-state index in [4.69, 9.17) is 9.47 Å². The van der Waals surface area contributed by atoms with Crippen molar-refractivity contribution in [2.75, 3.05) is 26.8 Å². The minimum Gasteiger partial charge on any atom is -0.497 e. The van der Waals surface area contributed by atoms with Crippen LogP contribution in [-0.2, 0) is 4.74 Å². The Balaban J connectivity index is 2.08. The fraction of sp³-hybridized carbons (Fsp3) is 0.476. The van der Waals surface area contributed by atoms with Gasteiger partial charge in [-0.3, -0.25) is 4.99 Å². The number of aliphatic hydroxyl groups is 1. The zero-order valence-corrected chi connectivity index (χ0v) is 18.9. The largest absolute Gasteiger partial charge is 0.497 e. The number of guanidine groups is 1. The maximum atomic E-state index is 12.0. The van der Waals surface area contributed by atoms with Crippen LogP contribution in [-0.4, -0.2) is 48.8 Å². The topological polar surface area (TPSA) is 105 Å². The third kappa shape index (κ3) is 6.43. The van der Waals surface area contributed by atoms with Crippen LogP contribution in [0.4, 0.5) is 0 Å². The molecule has 0 spiro atoms. The van der Waals surface area contributed by atoms with E-state index in [1.54, 1.807) is 27.0 Å². The number of thiazole rings is 1. The highest BCUT2D eigenvalue weighted by atomic mass is 32.1. The first-order chi connectivity index (χ1) is 14.4. The molecule has 164 valence electrons. The van der Waals surface area contributed by atoms with Crippen molar-refractivity contribution in [3.8, 4) is 5.75 Å². The van der Waals surface area contributed by atoms with Crippen molar-refractivity contribution in [3.63, 3.8) is 0 Å². The highest BCUT2D eigenvalue weighted by Gasteiger charge is 2.20. The van der Waals surface area contributed by atoms with Crippen molar-refractivity contribution < 1.29 is 19.4 Å². The van der Waals surface area contributed by atoms with E-state index < -0.39 is 6.10 Å². The Hall–Kier alpha value is -2.65. The molecule has 0 saturated carbocycles. The summed E-state index contributed by atoms with van der Waals surface area (Å²) >= 11 is 1.31. The molecule has 0 aliphatic carbocycles. The first-order valence-corrected chi connectivity index (χ1v) is 10.7. The molecule has 30 heavy (non-hydrogen) atoms. The van der Waals surface area contributed by atoms with Crippen molar-refractivity contribution in [1.29, 1.82) is 0 Å². The summed E-state index contributed by atoms with van der Waals surface area (Å²) in [4.78, 5) is 21.5. The standard InChI is InChI=1S/C21H30N4O4S/c1-6-22-21(23-12-17(26)15-9-8-10-16(11-15)28-5)25-14(4)19-24-13(3)18(30-19)20(27)29-7-2/h8-11,14,17,26H,6-7,12H2,1-5H3,(H2,22,23,25). The summed E-state index contributed by atoms with van der Waals surface area (Å²) in [7, 11) is 1.59. The van der Waals surface area contributed by atoms with Crippen LogP contribution in [0.5, 0.6) is 5.75 Å². The van der Waals surface area contributed by atoms with Gasteiger partial charge < -0.3 is 25.2 Å². The number of nitrogens with zero attached hydrogens (tertiary/aromatic N) is 2. The lowest BCUT2D eigenvalue weighted by atomic mass is 10.1. The Morgan fingerprint density at radius 3 is 2.80 bits per heavy atom. The molecule has 1 aromatic heterocycles. The summed E-state index contributed by atoms with van der Waals surface area (Å²) < 4.78 is 10.3. The van der Waals surface area contributed by atoms with Gasteiger partial charge in [0.25, 0.3) is 0 Å². The van der Waals surface area contributed by atoms with Crippen molar-refractivity contribution >= 4 is 23.3 Å². The smallest absolute Gasteiger partial charge is 0.350 e. The number of hydrogen-bond acceptors (Lipinski definition) is 7. The summed E-state index contributed by atoms with van der Waals surface area (Å²) in [5.41, 5.74) is 1.38. The lowest BCUT2D eigenvalue weighted by molar-refractivity contribution is 0.0531. The van der Waals surface area contributed by atoms with Crippen LogP contribution >= 0.6 is 11.3 Å². The van der Waals surface area contributed by atoms with Gasteiger partial charge in [0, 0.05) is 6.54 Å². The summed E-state index contributed by atoms with van der Waals surface area (Å²) in [6.07, 6.45) is -0.761. The van der Waals surface area contributed by atoms with Crippen molar-refractivity contribution in [1.82, 2.24) is 15.6 Å². The summed E-state index contributed by atoms with van der Waals surface area (Å²) in [5.74, 6) is 0.885. The molecule has 0 saturated heterocycles. The summed E-state index contributed by atoms with van der Waals surface area (Å²) in [6.45, 7) is 8.65. The number of ether oxygens (including phenoxy) is 2. The second kappa shape index (κ2) is 11.5. The quantitative estimate of drug-likeness (QED) is 0.317. The van der Waals surface area contributed by atoms with Gasteiger partial charge in [0.1, 0.15) is 15.6 Å². The van der Waals surface area contributed by atoms with Crippen LogP contribution in [0.3, 0.4) is 0 Å². The highest BCUT2D eigenvalue weighted by molar-refractivity contribution is 7.13. The van der Waals surface area contributed by atoms with Gasteiger partial charge >= 0.3 is 5.97 Å². The van der Waals surface area contributed by atoms with E-state index in [2.05, 4.69) is 20.6 Å². The third-order valence-electron chi connectivity index (χ3n) is 4.24. The van der Waals surface area contributed by atoms with Crippen LogP contribution in [0.25, 0.3) is 0 Å². The van der Waals surface area contributed by atoms with Gasteiger partial charge in [-0.25, -0.2) is 9.78 Å². The maximum Gasteiger partial charge on any atom is 0.350 e. The fourth-order valence-corrected chi connectivity index (χ4v) is 3.67. The number of aliphatic imine (C=N–C) groups is 1. The number of rotatable bonds is 9. The Morgan fingerprint density at radius 1 is 1.37 bits per heavy atom. The number of hydrogen-bond donors (Lipinski definition) is 3. The Bertz CT molecular complexity index is 868. The normalized spacial score (nSPS) is 13.5. The number of carbonyl (C=O) groups is 1. The van der Waals surface area contributed by atoms with E-state index in [0.29, 0.717) is 35.4 Å². The Morgan fingerprint density at radius 2 is 2.13 bits per heavy atom. The van der Waals surface area contributed by atoms with Gasteiger partial charge in [-0.1, -0.05) is 12.1 Å². The monoisotopic (exact) mass is 434 g/mol. The average Bonchev–Trinajstić information content (AvgIpc) is 3.14. The first-order valence-electron chi connectivity index (χ1n) is 9.90. The van der Waals surface area contributed by atoms with Crippen molar-refractivity contribution in [3.05, 3.63) is 45.4 Å². The van der Waals surface area contributed by atoms with Crippen LogP contribution in [0.2, 0.25) is 0 Å². The molecule has 0 radical (unpaired) electrons. The third-order valence-corrected chi connectivity index (χ3v) is 5.56. The Kier molecular flexibility index (Phi) is 9.07. The molecule has 0 fully saturated rings. The number of aryl methyl sites for hydroxylation is 1. The van der Waals surface area contributed by atoms with Crippen LogP contribution < -0.4 is 15.4 Å². The molecule has 1 heterocycles. The van der Waals surface area contributed by atoms with Gasteiger partial charge in [0.15, 0.2) is 5.96 Å². The van der Waals surface area contributed by atoms with Gasteiger partial charge in [0.05, 0.1) is 38.1 Å². The van der Waals surface area contributed by atoms with E-state index in [0.717, 1.165) is 10.6 Å². The van der Waals surface area contributed by atoms with E-state index in [1.807, 2.05) is 32.0 Å². The van der Waals surface area contributed by atoms with E-state index in [-0.39, 0.29) is 18.6 Å². The lowest BCUT2D eigenvalue weighted by Crippen LogP contribution is -2.39. The van der Waals surface area contributed by atoms with E-state index >= 15 is 0 Å². The van der Waals surface area contributed by atoms with Crippen LogP contribution in [0.1, 0.15) is 58.9 Å². The van der Waals surface area contributed by atoms with E-state index in [9.17, 15) is 9.90 Å². The number of aliphatic hydroxyl groups excluding tert-OH is 1. The second-order valence-electron chi connectivity index (χ2n) is 6.57. The predicted molar refractivity (Wildman–Crippen MR) is 118 cm³/mol. The summed E-state index contributed by atoms with van der Waals surface area (Å²) in [6, 6.07) is 7.11. The molecular weight excluding hydrogens is 404 g/mol. The SMILES string of the molecule is CCNC(=NCC(O)c1cccc(OC)c1)NC(C)c1nc(C)c(C(=O)OCC)s1. The zero-order valence-electron chi connectivity index (χ0n) is 18.1. The fourth-order valence-electron chi connectivity index (χ4n) is 2.71. The molecule has 0 aliphatic rings. The zero-order chi connectivity index (χ0) is 22.1. The van der Waals surface area contributed by atoms with Gasteiger partial charge in [-0.2, -0.15) is 0 Å². The molecule has 2 unspecified atom stereocenters. The molecule has 0 bridgehead atoms. The molecule has 1 aromatic carbocycles. The minimum atomic E-state index is -0.761. The molecule has 8 nitrogen and oxygen atoms in total. The lowest BCUT2D eigenvalue weighted by Gasteiger charge is -2.17. The molecule has 9 heteroatoms. The van der Waals surface area contributed by atoms with Gasteiger partial charge in [-0.05, 0) is 45.4 Å². The number of aromatic nitrogens is 1. The highest BCUT2D eigenvalue weighted by Crippen LogP contribution is 2.24. The minimum absolute atomic E-state index is 0.177.